The number of likely N-dealkylation sites (tertiary alicyclic amines) is 1. The number of aliphatic imine (C=N–C) groups is 1. The topological polar surface area (TPSA) is 62.9 Å². The molecule has 0 aromatic rings. The second kappa shape index (κ2) is 4.82. The van der Waals surface area contributed by atoms with E-state index in [0.29, 0.717) is 18.2 Å². The first-order valence-corrected chi connectivity index (χ1v) is 6.80. The molecule has 2 aliphatic heterocycles. The molecule has 0 aromatic carbocycles. The summed E-state index contributed by atoms with van der Waals surface area (Å²) < 4.78 is 5.83. The fourth-order valence-corrected chi connectivity index (χ4v) is 3.20. The second-order valence-corrected chi connectivity index (χ2v) is 5.40. The maximum absolute atomic E-state index is 5.83. The van der Waals surface area contributed by atoms with Crippen LogP contribution in [0.1, 0.15) is 38.5 Å². The van der Waals surface area contributed by atoms with Crippen LogP contribution in [0.3, 0.4) is 0 Å². The molecule has 0 spiro atoms. The van der Waals surface area contributed by atoms with Crippen molar-refractivity contribution < 1.29 is 4.74 Å². The molecule has 96 valence electrons. The highest BCUT2D eigenvalue weighted by Gasteiger charge is 2.35. The second-order valence-electron chi connectivity index (χ2n) is 5.40. The van der Waals surface area contributed by atoms with Crippen molar-refractivity contribution in [3.05, 3.63) is 0 Å². The van der Waals surface area contributed by atoms with Crippen LogP contribution in [0, 0.1) is 0 Å². The quantitative estimate of drug-likeness (QED) is 0.304. The Hall–Kier alpha value is -0.810. The van der Waals surface area contributed by atoms with Gasteiger partial charge in [-0.1, -0.05) is 12.8 Å². The molecule has 2 saturated heterocycles. The molecule has 3 N–H and O–H groups in total. The van der Waals surface area contributed by atoms with Gasteiger partial charge in [0.15, 0.2) is 0 Å². The molecule has 5 nitrogen and oxygen atoms in total. The zero-order valence-electron chi connectivity index (χ0n) is 10.3. The lowest BCUT2D eigenvalue weighted by atomic mass is 10.2. The highest BCUT2D eigenvalue weighted by Crippen LogP contribution is 2.27. The van der Waals surface area contributed by atoms with Gasteiger partial charge in [0.25, 0.3) is 0 Å². The van der Waals surface area contributed by atoms with E-state index in [9.17, 15) is 0 Å². The number of nitrogens with zero attached hydrogens (tertiary/aromatic N) is 2. The lowest BCUT2D eigenvalue weighted by Gasteiger charge is -2.34. The predicted octanol–water partition coefficient (Wildman–Crippen LogP) is 0.611. The van der Waals surface area contributed by atoms with Crippen molar-refractivity contribution in [3.63, 3.8) is 0 Å². The standard InChI is InChI=1S/C12H22N4O/c13-15-12(14-9-3-1-2-4-9)16-7-10-5-6-11(8-16)17-10/h9-11H,1-8,13H2,(H,14,15). The molecule has 1 aliphatic carbocycles. The molecule has 1 saturated carbocycles. The summed E-state index contributed by atoms with van der Waals surface area (Å²) in [6.45, 7) is 1.87. The molecule has 3 fully saturated rings. The maximum atomic E-state index is 5.83. The van der Waals surface area contributed by atoms with Crippen LogP contribution >= 0.6 is 0 Å². The summed E-state index contributed by atoms with van der Waals surface area (Å²) in [5, 5.41) is 0. The van der Waals surface area contributed by atoms with Crippen molar-refractivity contribution in [3.8, 4) is 0 Å². The van der Waals surface area contributed by atoms with Gasteiger partial charge in [-0.15, -0.1) is 0 Å². The minimum atomic E-state index is 0.385. The number of nitrogens with two attached hydrogens (primary N) is 1. The normalized spacial score (nSPS) is 34.4. The summed E-state index contributed by atoms with van der Waals surface area (Å²) in [4.78, 5) is 7.03. The molecule has 3 rings (SSSR count). The maximum Gasteiger partial charge on any atom is 0.208 e. The average Bonchev–Trinajstić information content (AvgIpc) is 2.96. The van der Waals surface area contributed by atoms with Crippen LogP contribution in [-0.2, 0) is 4.74 Å². The van der Waals surface area contributed by atoms with Crippen LogP contribution in [0.15, 0.2) is 4.99 Å². The van der Waals surface area contributed by atoms with Gasteiger partial charge < -0.3 is 9.64 Å². The van der Waals surface area contributed by atoms with Crippen LogP contribution in [0.25, 0.3) is 0 Å². The number of nitrogens with one attached hydrogen (secondary N) is 1. The van der Waals surface area contributed by atoms with E-state index in [1.54, 1.807) is 0 Å². The molecule has 0 radical (unpaired) electrons. The third kappa shape index (κ3) is 2.40. The number of guanidine groups is 1. The molecular weight excluding hydrogens is 216 g/mol. The van der Waals surface area contributed by atoms with Gasteiger partial charge in [-0.3, -0.25) is 5.43 Å². The number of morpholine rings is 1. The lowest BCUT2D eigenvalue weighted by Crippen LogP contribution is -2.52. The van der Waals surface area contributed by atoms with Gasteiger partial charge in [-0.25, -0.2) is 10.8 Å². The lowest BCUT2D eigenvalue weighted by molar-refractivity contribution is -0.0169. The van der Waals surface area contributed by atoms with Gasteiger partial charge in [0, 0.05) is 13.1 Å². The summed E-state index contributed by atoms with van der Waals surface area (Å²) in [6, 6.07) is 0.474. The molecule has 0 aromatic heterocycles. The molecule has 17 heavy (non-hydrogen) atoms. The van der Waals surface area contributed by atoms with Crippen LogP contribution in [0.2, 0.25) is 0 Å². The van der Waals surface area contributed by atoms with Crippen molar-refractivity contribution in [2.75, 3.05) is 13.1 Å². The smallest absolute Gasteiger partial charge is 0.208 e. The molecule has 2 atom stereocenters. The molecular formula is C12H22N4O. The summed E-state index contributed by atoms with van der Waals surface area (Å²) in [7, 11) is 0. The Bertz CT molecular complexity index is 289. The Labute approximate surface area is 102 Å². The average molecular weight is 238 g/mol. The first-order valence-electron chi connectivity index (χ1n) is 6.80. The van der Waals surface area contributed by atoms with E-state index in [4.69, 9.17) is 15.6 Å². The van der Waals surface area contributed by atoms with Gasteiger partial charge >= 0.3 is 0 Å². The summed E-state index contributed by atoms with van der Waals surface area (Å²) >= 11 is 0. The number of hydrogen-bond acceptors (Lipinski definition) is 3. The van der Waals surface area contributed by atoms with E-state index in [2.05, 4.69) is 10.3 Å². The third-order valence-corrected chi connectivity index (χ3v) is 4.10. The van der Waals surface area contributed by atoms with E-state index in [-0.39, 0.29) is 0 Å². The van der Waals surface area contributed by atoms with Crippen molar-refractivity contribution in [1.29, 1.82) is 0 Å². The Morgan fingerprint density at radius 2 is 1.76 bits per heavy atom. The number of rotatable bonds is 1. The van der Waals surface area contributed by atoms with Gasteiger partial charge in [0.2, 0.25) is 5.96 Å². The van der Waals surface area contributed by atoms with Crippen LogP contribution in [0.4, 0.5) is 0 Å². The van der Waals surface area contributed by atoms with E-state index in [1.807, 2.05) is 0 Å². The fourth-order valence-electron chi connectivity index (χ4n) is 3.20. The van der Waals surface area contributed by atoms with Gasteiger partial charge in [-0.2, -0.15) is 0 Å². The number of fused-ring (bicyclic) bond motifs is 2. The van der Waals surface area contributed by atoms with Crippen molar-refractivity contribution in [1.82, 2.24) is 10.3 Å². The van der Waals surface area contributed by atoms with E-state index in [0.717, 1.165) is 19.0 Å². The van der Waals surface area contributed by atoms with Crippen LogP contribution < -0.4 is 11.3 Å². The fraction of sp³-hybridized carbons (Fsp3) is 0.917. The Morgan fingerprint density at radius 1 is 1.12 bits per heavy atom. The van der Waals surface area contributed by atoms with Crippen molar-refractivity contribution >= 4 is 5.96 Å². The molecule has 2 unspecified atom stereocenters. The number of hydrogen-bond donors (Lipinski definition) is 2. The zero-order valence-corrected chi connectivity index (χ0v) is 10.3. The summed E-state index contributed by atoms with van der Waals surface area (Å²) in [5.41, 5.74) is 2.79. The van der Waals surface area contributed by atoms with E-state index < -0.39 is 0 Å². The SMILES string of the molecule is NNC(=NC1CCCC1)N1CC2CCC(C1)O2. The Kier molecular flexibility index (Phi) is 3.20. The van der Waals surface area contributed by atoms with Gasteiger partial charge in [0.1, 0.15) is 0 Å². The zero-order chi connectivity index (χ0) is 11.7. The van der Waals surface area contributed by atoms with Gasteiger partial charge in [0.05, 0.1) is 18.2 Å². The summed E-state index contributed by atoms with van der Waals surface area (Å²) in [5.74, 6) is 6.50. The van der Waals surface area contributed by atoms with Crippen molar-refractivity contribution in [2.45, 2.75) is 56.8 Å². The molecule has 2 bridgehead atoms. The van der Waals surface area contributed by atoms with Crippen LogP contribution in [-0.4, -0.2) is 42.2 Å². The third-order valence-electron chi connectivity index (χ3n) is 4.10. The Morgan fingerprint density at radius 3 is 2.35 bits per heavy atom. The molecule has 2 heterocycles. The largest absolute Gasteiger partial charge is 0.371 e. The first kappa shape index (κ1) is 11.3. The minimum Gasteiger partial charge on any atom is -0.371 e. The number of ether oxygens (including phenoxy) is 1. The molecule has 5 heteroatoms. The van der Waals surface area contributed by atoms with Gasteiger partial charge in [-0.05, 0) is 25.7 Å². The first-order chi connectivity index (χ1) is 8.35. The summed E-state index contributed by atoms with van der Waals surface area (Å²) in [6.07, 6.45) is 8.17. The highest BCUT2D eigenvalue weighted by molar-refractivity contribution is 5.79. The van der Waals surface area contributed by atoms with E-state index >= 15 is 0 Å². The van der Waals surface area contributed by atoms with E-state index in [1.165, 1.54) is 38.5 Å². The highest BCUT2D eigenvalue weighted by atomic mass is 16.5. The number of hydrazine groups is 1. The predicted molar refractivity (Wildman–Crippen MR) is 66.5 cm³/mol. The van der Waals surface area contributed by atoms with Crippen molar-refractivity contribution in [2.24, 2.45) is 10.8 Å². The monoisotopic (exact) mass is 238 g/mol. The minimum absolute atomic E-state index is 0.385. The van der Waals surface area contributed by atoms with Crippen LogP contribution in [0.5, 0.6) is 0 Å². The molecule has 3 aliphatic rings. The molecule has 0 amide bonds. The Balaban J connectivity index is 1.67.